The highest BCUT2D eigenvalue weighted by Crippen LogP contribution is 2.20. The van der Waals surface area contributed by atoms with E-state index in [1.807, 2.05) is 26.0 Å². The molecule has 0 spiro atoms. The van der Waals surface area contributed by atoms with Gasteiger partial charge in [0.2, 0.25) is 5.91 Å². The van der Waals surface area contributed by atoms with Crippen molar-refractivity contribution in [3.8, 4) is 0 Å². The van der Waals surface area contributed by atoms with E-state index >= 15 is 0 Å². The second-order valence-corrected chi connectivity index (χ2v) is 5.90. The van der Waals surface area contributed by atoms with E-state index in [0.29, 0.717) is 6.54 Å². The van der Waals surface area contributed by atoms with Crippen molar-refractivity contribution in [1.82, 2.24) is 10.2 Å². The Hall–Kier alpha value is -1.33. The molecule has 1 saturated heterocycles. The van der Waals surface area contributed by atoms with Crippen molar-refractivity contribution in [3.63, 3.8) is 0 Å². The Morgan fingerprint density at radius 3 is 2.82 bits per heavy atom. The zero-order chi connectivity index (χ0) is 15.8. The number of nitrogens with one attached hydrogen (secondary N) is 1. The summed E-state index contributed by atoms with van der Waals surface area (Å²) in [4.78, 5) is 14.5. The molecular weight excluding hydrogens is 280 g/mol. The van der Waals surface area contributed by atoms with Crippen LogP contribution in [-0.2, 0) is 16.1 Å². The average Bonchev–Trinajstić information content (AvgIpc) is 2.93. The Morgan fingerprint density at radius 2 is 2.18 bits per heavy atom. The number of likely N-dealkylation sites (tertiary alicyclic amines) is 1. The van der Waals surface area contributed by atoms with E-state index in [1.54, 1.807) is 0 Å². The molecular formula is C17H28N2O3. The summed E-state index contributed by atoms with van der Waals surface area (Å²) >= 11 is 0. The number of hydrogen-bond acceptors (Lipinski definition) is 4. The Kier molecular flexibility index (Phi) is 6.93. The molecule has 2 heterocycles. The highest BCUT2D eigenvalue weighted by Gasteiger charge is 2.25. The molecule has 0 bridgehead atoms. The topological polar surface area (TPSA) is 54.7 Å². The van der Waals surface area contributed by atoms with Gasteiger partial charge in [-0.05, 0) is 58.3 Å². The number of nitrogens with zero attached hydrogens (tertiary/aromatic N) is 1. The van der Waals surface area contributed by atoms with Crippen LogP contribution in [-0.4, -0.2) is 43.7 Å². The van der Waals surface area contributed by atoms with E-state index in [4.69, 9.17) is 9.15 Å². The number of hydrogen-bond donors (Lipinski definition) is 1. The molecule has 0 radical (unpaired) electrons. The highest BCUT2D eigenvalue weighted by molar-refractivity contribution is 5.78. The fourth-order valence-corrected chi connectivity index (χ4v) is 2.82. The van der Waals surface area contributed by atoms with Gasteiger partial charge in [-0.1, -0.05) is 0 Å². The van der Waals surface area contributed by atoms with Crippen molar-refractivity contribution >= 4 is 5.91 Å². The van der Waals surface area contributed by atoms with Gasteiger partial charge in [-0.2, -0.15) is 0 Å². The van der Waals surface area contributed by atoms with Gasteiger partial charge in [0.1, 0.15) is 11.5 Å². The summed E-state index contributed by atoms with van der Waals surface area (Å²) in [6.45, 7) is 8.87. The van der Waals surface area contributed by atoms with E-state index in [1.165, 1.54) is 0 Å². The molecule has 0 unspecified atom stereocenters. The number of amides is 1. The molecule has 0 aliphatic carbocycles. The molecule has 0 atom stereocenters. The van der Waals surface area contributed by atoms with Crippen molar-refractivity contribution in [2.75, 3.05) is 32.8 Å². The van der Waals surface area contributed by atoms with Crippen LogP contribution in [0.15, 0.2) is 16.5 Å². The lowest BCUT2D eigenvalue weighted by molar-refractivity contribution is -0.126. The SMILES string of the molecule is CCOCCCNC(=O)C1CCN(Cc2ccc(C)o2)CC1. The Morgan fingerprint density at radius 1 is 1.41 bits per heavy atom. The molecule has 1 aromatic rings. The van der Waals surface area contributed by atoms with Gasteiger partial charge in [0.15, 0.2) is 0 Å². The lowest BCUT2D eigenvalue weighted by Gasteiger charge is -2.30. The first-order valence-corrected chi connectivity index (χ1v) is 8.32. The first-order chi connectivity index (χ1) is 10.7. The number of ether oxygens (including phenoxy) is 1. The van der Waals surface area contributed by atoms with Crippen LogP contribution in [0, 0.1) is 12.8 Å². The third-order valence-electron chi connectivity index (χ3n) is 4.10. The van der Waals surface area contributed by atoms with E-state index in [-0.39, 0.29) is 11.8 Å². The van der Waals surface area contributed by atoms with Gasteiger partial charge in [0.25, 0.3) is 0 Å². The standard InChI is InChI=1S/C17H28N2O3/c1-3-21-12-4-9-18-17(20)15-7-10-19(11-8-15)13-16-6-5-14(2)22-16/h5-6,15H,3-4,7-13H2,1-2H3,(H,18,20). The van der Waals surface area contributed by atoms with Crippen LogP contribution in [0.1, 0.15) is 37.7 Å². The van der Waals surface area contributed by atoms with Crippen molar-refractivity contribution in [2.45, 2.75) is 39.7 Å². The molecule has 0 saturated carbocycles. The van der Waals surface area contributed by atoms with Crippen molar-refractivity contribution < 1.29 is 13.9 Å². The van der Waals surface area contributed by atoms with Gasteiger partial charge < -0.3 is 14.5 Å². The van der Waals surface area contributed by atoms with Crippen LogP contribution in [0.5, 0.6) is 0 Å². The zero-order valence-corrected chi connectivity index (χ0v) is 13.8. The van der Waals surface area contributed by atoms with Crippen LogP contribution in [0.2, 0.25) is 0 Å². The van der Waals surface area contributed by atoms with Gasteiger partial charge in [-0.25, -0.2) is 0 Å². The quantitative estimate of drug-likeness (QED) is 0.749. The largest absolute Gasteiger partial charge is 0.465 e. The fraction of sp³-hybridized carbons (Fsp3) is 0.706. The molecule has 124 valence electrons. The lowest BCUT2D eigenvalue weighted by Crippen LogP contribution is -2.40. The number of carbonyl (C=O) groups excluding carboxylic acids is 1. The second-order valence-electron chi connectivity index (χ2n) is 5.90. The summed E-state index contributed by atoms with van der Waals surface area (Å²) in [5.41, 5.74) is 0. The summed E-state index contributed by atoms with van der Waals surface area (Å²) in [5.74, 6) is 2.32. The van der Waals surface area contributed by atoms with Crippen LogP contribution < -0.4 is 5.32 Å². The first-order valence-electron chi connectivity index (χ1n) is 8.32. The monoisotopic (exact) mass is 308 g/mol. The maximum atomic E-state index is 12.1. The third kappa shape index (κ3) is 5.46. The van der Waals surface area contributed by atoms with Gasteiger partial charge in [0, 0.05) is 25.7 Å². The first kappa shape index (κ1) is 17.0. The minimum Gasteiger partial charge on any atom is -0.465 e. The Balaban J connectivity index is 1.62. The molecule has 1 amide bonds. The molecule has 1 N–H and O–H groups in total. The summed E-state index contributed by atoms with van der Waals surface area (Å²) in [6, 6.07) is 4.03. The molecule has 1 aromatic heterocycles. The van der Waals surface area contributed by atoms with E-state index in [2.05, 4.69) is 10.2 Å². The summed E-state index contributed by atoms with van der Waals surface area (Å²) in [6.07, 6.45) is 2.74. The predicted octanol–water partition coefficient (Wildman–Crippen LogP) is 2.34. The minimum absolute atomic E-state index is 0.154. The molecule has 1 aliphatic rings. The molecule has 5 nitrogen and oxygen atoms in total. The summed E-state index contributed by atoms with van der Waals surface area (Å²) in [7, 11) is 0. The van der Waals surface area contributed by atoms with E-state index in [0.717, 1.165) is 63.6 Å². The van der Waals surface area contributed by atoms with Crippen molar-refractivity contribution in [3.05, 3.63) is 23.7 Å². The molecule has 2 rings (SSSR count). The minimum atomic E-state index is 0.154. The number of rotatable bonds is 8. The Labute approximate surface area is 133 Å². The van der Waals surface area contributed by atoms with Crippen LogP contribution in [0.25, 0.3) is 0 Å². The van der Waals surface area contributed by atoms with Crippen molar-refractivity contribution in [2.24, 2.45) is 5.92 Å². The predicted molar refractivity (Wildman–Crippen MR) is 85.6 cm³/mol. The average molecular weight is 308 g/mol. The lowest BCUT2D eigenvalue weighted by atomic mass is 9.96. The molecule has 0 aromatic carbocycles. The number of aryl methyl sites for hydroxylation is 1. The second kappa shape index (κ2) is 8.96. The normalized spacial score (nSPS) is 16.8. The van der Waals surface area contributed by atoms with Gasteiger partial charge in [0.05, 0.1) is 6.54 Å². The Bertz CT molecular complexity index is 451. The third-order valence-corrected chi connectivity index (χ3v) is 4.10. The highest BCUT2D eigenvalue weighted by atomic mass is 16.5. The number of piperidine rings is 1. The molecule has 1 fully saturated rings. The fourth-order valence-electron chi connectivity index (χ4n) is 2.82. The molecule has 22 heavy (non-hydrogen) atoms. The van der Waals surface area contributed by atoms with Crippen molar-refractivity contribution in [1.29, 1.82) is 0 Å². The number of furan rings is 1. The van der Waals surface area contributed by atoms with E-state index in [9.17, 15) is 4.79 Å². The van der Waals surface area contributed by atoms with Gasteiger partial charge >= 0.3 is 0 Å². The van der Waals surface area contributed by atoms with Gasteiger partial charge in [-0.3, -0.25) is 9.69 Å². The smallest absolute Gasteiger partial charge is 0.223 e. The summed E-state index contributed by atoms with van der Waals surface area (Å²) < 4.78 is 10.9. The van der Waals surface area contributed by atoms with E-state index < -0.39 is 0 Å². The molecule has 5 heteroatoms. The molecule has 1 aliphatic heterocycles. The van der Waals surface area contributed by atoms with Crippen LogP contribution >= 0.6 is 0 Å². The zero-order valence-electron chi connectivity index (χ0n) is 13.8. The van der Waals surface area contributed by atoms with Crippen LogP contribution in [0.3, 0.4) is 0 Å². The maximum Gasteiger partial charge on any atom is 0.223 e. The van der Waals surface area contributed by atoms with Crippen LogP contribution in [0.4, 0.5) is 0 Å². The maximum absolute atomic E-state index is 12.1. The summed E-state index contributed by atoms with van der Waals surface area (Å²) in [5, 5.41) is 3.02. The van der Waals surface area contributed by atoms with Gasteiger partial charge in [-0.15, -0.1) is 0 Å². The number of carbonyl (C=O) groups is 1.